The summed E-state index contributed by atoms with van der Waals surface area (Å²) in [6.45, 7) is 6.76. The number of hydrogen-bond donors (Lipinski definition) is 3. The second-order valence-electron chi connectivity index (χ2n) is 4.98. The Kier molecular flexibility index (Phi) is 5.03. The van der Waals surface area contributed by atoms with Crippen LogP contribution in [0.15, 0.2) is 0 Å². The zero-order valence-corrected chi connectivity index (χ0v) is 9.83. The number of aliphatic hydroxyl groups excluding tert-OH is 2. The zero-order valence-electron chi connectivity index (χ0n) is 9.83. The van der Waals surface area contributed by atoms with E-state index >= 15 is 0 Å². The van der Waals surface area contributed by atoms with Gasteiger partial charge in [-0.05, 0) is 20.8 Å². The molecule has 0 fully saturated rings. The van der Waals surface area contributed by atoms with Gasteiger partial charge in [-0.1, -0.05) is 6.92 Å². The van der Waals surface area contributed by atoms with Gasteiger partial charge >= 0.3 is 6.09 Å². The Morgan fingerprint density at radius 2 is 1.67 bits per heavy atom. The number of nitrogens with one attached hydrogen (secondary N) is 1. The molecule has 15 heavy (non-hydrogen) atoms. The Bertz CT molecular complexity index is 206. The molecule has 0 atom stereocenters. The summed E-state index contributed by atoms with van der Waals surface area (Å²) in [5.41, 5.74) is -1.25. The van der Waals surface area contributed by atoms with E-state index in [2.05, 4.69) is 5.32 Å². The predicted molar refractivity (Wildman–Crippen MR) is 56.5 cm³/mol. The Labute approximate surface area is 90.4 Å². The molecule has 0 aliphatic heterocycles. The van der Waals surface area contributed by atoms with Gasteiger partial charge in [0, 0.05) is 12.0 Å². The summed E-state index contributed by atoms with van der Waals surface area (Å²) in [4.78, 5) is 11.2. The minimum absolute atomic E-state index is 0.176. The van der Waals surface area contributed by atoms with Crippen molar-refractivity contribution in [2.45, 2.75) is 33.3 Å². The largest absolute Gasteiger partial charge is 0.444 e. The van der Waals surface area contributed by atoms with Gasteiger partial charge in [0.15, 0.2) is 0 Å². The second-order valence-corrected chi connectivity index (χ2v) is 4.98. The summed E-state index contributed by atoms with van der Waals surface area (Å²) in [6, 6.07) is 0. The van der Waals surface area contributed by atoms with E-state index in [9.17, 15) is 4.79 Å². The second kappa shape index (κ2) is 5.32. The van der Waals surface area contributed by atoms with E-state index in [0.717, 1.165) is 0 Å². The molecule has 0 heterocycles. The molecule has 0 aliphatic rings. The molecule has 5 nitrogen and oxygen atoms in total. The van der Waals surface area contributed by atoms with Crippen LogP contribution in [0.2, 0.25) is 0 Å². The molecule has 0 saturated heterocycles. The highest BCUT2D eigenvalue weighted by atomic mass is 16.6. The molecule has 0 spiro atoms. The molecule has 0 unspecified atom stereocenters. The van der Waals surface area contributed by atoms with Crippen LogP contribution in [0, 0.1) is 5.41 Å². The van der Waals surface area contributed by atoms with Gasteiger partial charge in [-0.15, -0.1) is 0 Å². The van der Waals surface area contributed by atoms with Crippen LogP contribution in [0.4, 0.5) is 4.79 Å². The average molecular weight is 219 g/mol. The lowest BCUT2D eigenvalue weighted by Gasteiger charge is -2.26. The fourth-order valence-corrected chi connectivity index (χ4v) is 0.762. The lowest BCUT2D eigenvalue weighted by atomic mass is 9.93. The Balaban J connectivity index is 4.00. The van der Waals surface area contributed by atoms with Gasteiger partial charge in [-0.2, -0.15) is 0 Å². The monoisotopic (exact) mass is 219 g/mol. The van der Waals surface area contributed by atoms with Crippen molar-refractivity contribution in [2.24, 2.45) is 5.41 Å². The number of aliphatic hydroxyl groups is 2. The van der Waals surface area contributed by atoms with E-state index in [1.165, 1.54) is 0 Å². The summed E-state index contributed by atoms with van der Waals surface area (Å²) in [5, 5.41) is 20.5. The molecule has 0 saturated carbocycles. The number of hydrogen-bond acceptors (Lipinski definition) is 4. The minimum atomic E-state index is -0.711. The predicted octanol–water partition coefficient (Wildman–Crippen LogP) is 0.502. The van der Waals surface area contributed by atoms with E-state index in [1.54, 1.807) is 27.7 Å². The molecule has 1 amide bonds. The van der Waals surface area contributed by atoms with Crippen LogP contribution in [0.25, 0.3) is 0 Å². The Hall–Kier alpha value is -0.810. The van der Waals surface area contributed by atoms with Crippen molar-refractivity contribution in [1.82, 2.24) is 5.32 Å². The molecule has 0 aliphatic carbocycles. The van der Waals surface area contributed by atoms with Gasteiger partial charge in [0.25, 0.3) is 0 Å². The van der Waals surface area contributed by atoms with Crippen molar-refractivity contribution < 1.29 is 19.7 Å². The van der Waals surface area contributed by atoms with Gasteiger partial charge in [0.2, 0.25) is 0 Å². The zero-order chi connectivity index (χ0) is 12.1. The van der Waals surface area contributed by atoms with Crippen molar-refractivity contribution in [3.63, 3.8) is 0 Å². The smallest absolute Gasteiger partial charge is 0.407 e. The maximum absolute atomic E-state index is 11.2. The van der Waals surface area contributed by atoms with E-state index in [-0.39, 0.29) is 19.8 Å². The standard InChI is InChI=1S/C10H21NO4/c1-9(2,3)15-8(14)11-5-10(4,6-12)7-13/h12-13H,5-7H2,1-4H3,(H,11,14). The van der Waals surface area contributed by atoms with Crippen LogP contribution in [-0.4, -0.2) is 41.7 Å². The van der Waals surface area contributed by atoms with Crippen molar-refractivity contribution in [3.05, 3.63) is 0 Å². The fourth-order valence-electron chi connectivity index (χ4n) is 0.762. The molecule has 3 N–H and O–H groups in total. The highest BCUT2D eigenvalue weighted by molar-refractivity contribution is 5.67. The number of alkyl carbamates (subject to hydrolysis) is 1. The van der Waals surface area contributed by atoms with Gasteiger partial charge in [-0.25, -0.2) is 4.79 Å². The summed E-state index contributed by atoms with van der Waals surface area (Å²) in [5.74, 6) is 0. The van der Waals surface area contributed by atoms with Crippen LogP contribution in [-0.2, 0) is 4.74 Å². The molecule has 5 heteroatoms. The quantitative estimate of drug-likeness (QED) is 0.643. The van der Waals surface area contributed by atoms with Crippen LogP contribution in [0.3, 0.4) is 0 Å². The number of rotatable bonds is 4. The molecule has 0 bridgehead atoms. The van der Waals surface area contributed by atoms with Crippen molar-refractivity contribution >= 4 is 6.09 Å². The SMILES string of the molecule is CC(CO)(CO)CNC(=O)OC(C)(C)C. The topological polar surface area (TPSA) is 78.8 Å². The summed E-state index contributed by atoms with van der Waals surface area (Å²) < 4.78 is 5.01. The first-order chi connectivity index (χ1) is 6.72. The van der Waals surface area contributed by atoms with Crippen LogP contribution in [0.1, 0.15) is 27.7 Å². The van der Waals surface area contributed by atoms with E-state index in [1.807, 2.05) is 0 Å². The molecule has 90 valence electrons. The third-order valence-electron chi connectivity index (χ3n) is 1.82. The number of amides is 1. The number of carbonyl (C=O) groups excluding carboxylic acids is 1. The van der Waals surface area contributed by atoms with Crippen molar-refractivity contribution in [2.75, 3.05) is 19.8 Å². The highest BCUT2D eigenvalue weighted by Crippen LogP contribution is 2.13. The summed E-state index contributed by atoms with van der Waals surface area (Å²) in [6.07, 6.45) is -0.546. The third kappa shape index (κ3) is 6.30. The van der Waals surface area contributed by atoms with E-state index in [0.29, 0.717) is 0 Å². The lowest BCUT2D eigenvalue weighted by Crippen LogP contribution is -2.42. The number of ether oxygens (including phenoxy) is 1. The average Bonchev–Trinajstić information content (AvgIpc) is 2.12. The summed E-state index contributed by atoms with van der Waals surface area (Å²) >= 11 is 0. The summed E-state index contributed by atoms with van der Waals surface area (Å²) in [7, 11) is 0. The maximum atomic E-state index is 11.2. The fraction of sp³-hybridized carbons (Fsp3) is 0.900. The molecule has 0 aromatic carbocycles. The van der Waals surface area contributed by atoms with E-state index < -0.39 is 17.1 Å². The lowest BCUT2D eigenvalue weighted by molar-refractivity contribution is 0.0397. The van der Waals surface area contributed by atoms with Crippen LogP contribution in [0.5, 0.6) is 0 Å². The third-order valence-corrected chi connectivity index (χ3v) is 1.82. The Morgan fingerprint density at radius 1 is 1.20 bits per heavy atom. The molecule has 0 radical (unpaired) electrons. The van der Waals surface area contributed by atoms with Crippen LogP contribution >= 0.6 is 0 Å². The molecule has 0 aromatic heterocycles. The molecular weight excluding hydrogens is 198 g/mol. The minimum Gasteiger partial charge on any atom is -0.444 e. The van der Waals surface area contributed by atoms with Crippen LogP contribution < -0.4 is 5.32 Å². The Morgan fingerprint density at radius 3 is 2.00 bits per heavy atom. The first-order valence-electron chi connectivity index (χ1n) is 4.91. The number of carbonyl (C=O) groups is 1. The first kappa shape index (κ1) is 14.2. The normalized spacial score (nSPS) is 12.4. The van der Waals surface area contributed by atoms with Crippen molar-refractivity contribution in [3.8, 4) is 0 Å². The van der Waals surface area contributed by atoms with Gasteiger partial charge in [-0.3, -0.25) is 0 Å². The highest BCUT2D eigenvalue weighted by Gasteiger charge is 2.24. The first-order valence-corrected chi connectivity index (χ1v) is 4.91. The van der Waals surface area contributed by atoms with Gasteiger partial charge in [0.05, 0.1) is 13.2 Å². The van der Waals surface area contributed by atoms with Gasteiger partial charge in [0.1, 0.15) is 5.60 Å². The maximum Gasteiger partial charge on any atom is 0.407 e. The molecule has 0 rings (SSSR count). The molecular formula is C10H21NO4. The van der Waals surface area contributed by atoms with E-state index in [4.69, 9.17) is 14.9 Å². The van der Waals surface area contributed by atoms with Gasteiger partial charge < -0.3 is 20.3 Å². The molecule has 0 aromatic rings. The van der Waals surface area contributed by atoms with Crippen molar-refractivity contribution in [1.29, 1.82) is 0 Å².